The number of ether oxygens (including phenoxy) is 3. The van der Waals surface area contributed by atoms with Gasteiger partial charge in [-0.2, -0.15) is 0 Å². The van der Waals surface area contributed by atoms with Crippen LogP contribution in [0.3, 0.4) is 0 Å². The fourth-order valence-corrected chi connectivity index (χ4v) is 3.11. The fraction of sp³-hybridized carbons (Fsp3) is 0.714. The Labute approximate surface area is 127 Å². The van der Waals surface area contributed by atoms with E-state index in [0.29, 0.717) is 0 Å². The number of hydrogen-bond donors (Lipinski definition) is 3. The van der Waals surface area contributed by atoms with E-state index >= 15 is 0 Å². The summed E-state index contributed by atoms with van der Waals surface area (Å²) in [6.07, 6.45) is -3.04. The molecule has 1 fully saturated rings. The molecule has 1 heterocycles. The van der Waals surface area contributed by atoms with Crippen molar-refractivity contribution in [2.75, 3.05) is 7.11 Å². The van der Waals surface area contributed by atoms with Gasteiger partial charge in [-0.3, -0.25) is 4.79 Å². The molecule has 1 aliphatic heterocycles. The van der Waals surface area contributed by atoms with Gasteiger partial charge in [0.05, 0.1) is 24.9 Å². The monoisotopic (exact) mass is 316 g/mol. The minimum absolute atomic E-state index is 0.0106. The van der Waals surface area contributed by atoms with Crippen molar-refractivity contribution in [2.45, 2.75) is 44.4 Å². The molecule has 0 aromatic carbocycles. The number of carbonyl (C=O) groups is 2. The molecule has 8 nitrogen and oxygen atoms in total. The molecule has 1 aliphatic carbocycles. The van der Waals surface area contributed by atoms with Gasteiger partial charge in [0.1, 0.15) is 17.8 Å². The number of hydrogen-bond acceptors (Lipinski definition) is 8. The van der Waals surface area contributed by atoms with E-state index < -0.39 is 47.9 Å². The number of aliphatic hydroxyl groups excluding tert-OH is 2. The Bertz CT molecular complexity index is 497. The van der Waals surface area contributed by atoms with E-state index in [1.165, 1.54) is 14.0 Å². The summed E-state index contributed by atoms with van der Waals surface area (Å²) >= 11 is 0. The third-order valence-electron chi connectivity index (χ3n) is 4.30. The maximum absolute atomic E-state index is 11.9. The summed E-state index contributed by atoms with van der Waals surface area (Å²) in [7, 11) is 1.17. The largest absolute Gasteiger partial charge is 0.472 e. The number of rotatable bonds is 3. The van der Waals surface area contributed by atoms with Crippen LogP contribution in [0, 0.1) is 11.8 Å². The van der Waals surface area contributed by atoms with Gasteiger partial charge < -0.3 is 29.5 Å². The van der Waals surface area contributed by atoms with Crippen molar-refractivity contribution in [1.29, 1.82) is 0 Å². The Balaban J connectivity index is 2.45. The van der Waals surface area contributed by atoms with Gasteiger partial charge in [0, 0.05) is 12.3 Å². The van der Waals surface area contributed by atoms with Gasteiger partial charge in [0.25, 0.3) is 0 Å². The van der Waals surface area contributed by atoms with Crippen LogP contribution >= 0.6 is 0 Å². The summed E-state index contributed by atoms with van der Waals surface area (Å²) in [6.45, 7) is 2.87. The van der Waals surface area contributed by atoms with Crippen LogP contribution in [-0.2, 0) is 23.8 Å². The molecule has 1 saturated carbocycles. The molecule has 6 atom stereocenters. The molecule has 22 heavy (non-hydrogen) atoms. The first-order chi connectivity index (χ1) is 10.3. The fourth-order valence-electron chi connectivity index (χ4n) is 3.11. The highest BCUT2D eigenvalue weighted by molar-refractivity contribution is 5.89. The zero-order valence-electron chi connectivity index (χ0n) is 12.6. The van der Waals surface area contributed by atoms with E-state index in [0.717, 1.165) is 6.26 Å². The van der Waals surface area contributed by atoms with Crippen LogP contribution in [0.5, 0.6) is 0 Å². The van der Waals surface area contributed by atoms with Crippen LogP contribution in [0.4, 0.5) is 0 Å². The minimum Gasteiger partial charge on any atom is -0.472 e. The van der Waals surface area contributed by atoms with Crippen LogP contribution in [-0.4, -0.2) is 58.5 Å². The van der Waals surface area contributed by atoms with E-state index in [1.54, 1.807) is 6.92 Å². The zero-order valence-corrected chi connectivity index (χ0v) is 12.6. The van der Waals surface area contributed by atoms with Crippen LogP contribution in [0.2, 0.25) is 0 Å². The first-order valence-electron chi connectivity index (χ1n) is 6.97. The lowest BCUT2D eigenvalue weighted by Crippen LogP contribution is -2.48. The Kier molecular flexibility index (Phi) is 4.46. The molecule has 124 valence electrons. The summed E-state index contributed by atoms with van der Waals surface area (Å²) in [6, 6.07) is 0. The van der Waals surface area contributed by atoms with Crippen molar-refractivity contribution < 1.29 is 39.1 Å². The summed E-state index contributed by atoms with van der Waals surface area (Å²) in [5.41, 5.74) is -1.82. The molecule has 0 aromatic rings. The molecule has 0 spiro atoms. The molecular weight excluding hydrogens is 296 g/mol. The number of methoxy groups -OCH3 is 1. The van der Waals surface area contributed by atoms with E-state index in [-0.39, 0.29) is 12.0 Å². The minimum atomic E-state index is -1.81. The summed E-state index contributed by atoms with van der Waals surface area (Å²) in [5.74, 6) is -3.32. The van der Waals surface area contributed by atoms with Crippen LogP contribution in [0.15, 0.2) is 11.8 Å². The third-order valence-corrected chi connectivity index (χ3v) is 4.30. The molecule has 0 aromatic heterocycles. The molecule has 0 saturated heterocycles. The zero-order chi connectivity index (χ0) is 16.7. The predicted octanol–water partition coefficient (Wildman–Crippen LogP) is -0.928. The van der Waals surface area contributed by atoms with Crippen molar-refractivity contribution in [1.82, 2.24) is 0 Å². The summed E-state index contributed by atoms with van der Waals surface area (Å²) < 4.78 is 14.8. The Morgan fingerprint density at radius 3 is 2.59 bits per heavy atom. The molecule has 0 bridgehead atoms. The maximum atomic E-state index is 11.9. The molecule has 2 aliphatic rings. The topological polar surface area (TPSA) is 123 Å². The number of carbonyl (C=O) groups excluding carboxylic acids is 2. The molecule has 8 heteroatoms. The lowest BCUT2D eigenvalue weighted by atomic mass is 9.81. The van der Waals surface area contributed by atoms with Gasteiger partial charge in [-0.15, -0.1) is 0 Å². The van der Waals surface area contributed by atoms with E-state index in [9.17, 15) is 24.9 Å². The molecule has 0 amide bonds. The number of fused-ring (bicyclic) bond motifs is 1. The van der Waals surface area contributed by atoms with Crippen LogP contribution in [0.25, 0.3) is 0 Å². The molecule has 1 unspecified atom stereocenters. The van der Waals surface area contributed by atoms with Gasteiger partial charge >= 0.3 is 11.9 Å². The van der Waals surface area contributed by atoms with Gasteiger partial charge in [-0.25, -0.2) is 4.79 Å². The quantitative estimate of drug-likeness (QED) is 0.571. The normalized spacial score (nSPS) is 40.3. The van der Waals surface area contributed by atoms with Crippen molar-refractivity contribution in [3.05, 3.63) is 11.8 Å². The molecular formula is C14H20O8. The van der Waals surface area contributed by atoms with Crippen molar-refractivity contribution in [3.8, 4) is 0 Å². The smallest absolute Gasteiger partial charge is 0.337 e. The highest BCUT2D eigenvalue weighted by Gasteiger charge is 2.64. The van der Waals surface area contributed by atoms with Crippen LogP contribution < -0.4 is 0 Å². The predicted molar refractivity (Wildman–Crippen MR) is 71.0 cm³/mol. The van der Waals surface area contributed by atoms with Crippen molar-refractivity contribution >= 4 is 11.9 Å². The highest BCUT2D eigenvalue weighted by atomic mass is 16.6. The Morgan fingerprint density at radius 1 is 1.41 bits per heavy atom. The Hall–Kier alpha value is -1.64. The SMILES string of the molecule is CCC(=O)O[C@H]1[C@@H]2C(C(=O)OC)=COC(O)[C@@H]2[C@@](C)(O)[C@H]1O. The average molecular weight is 316 g/mol. The highest BCUT2D eigenvalue weighted by Crippen LogP contribution is 2.49. The second-order valence-electron chi connectivity index (χ2n) is 5.62. The lowest BCUT2D eigenvalue weighted by Gasteiger charge is -2.36. The van der Waals surface area contributed by atoms with Gasteiger partial charge in [-0.1, -0.05) is 6.92 Å². The van der Waals surface area contributed by atoms with Crippen molar-refractivity contribution in [3.63, 3.8) is 0 Å². The van der Waals surface area contributed by atoms with E-state index in [1.807, 2.05) is 0 Å². The third kappa shape index (κ3) is 2.47. The van der Waals surface area contributed by atoms with E-state index in [2.05, 4.69) is 4.74 Å². The molecule has 3 N–H and O–H groups in total. The number of aliphatic hydroxyl groups is 3. The first kappa shape index (κ1) is 16.7. The second kappa shape index (κ2) is 5.86. The summed E-state index contributed by atoms with van der Waals surface area (Å²) in [4.78, 5) is 23.5. The lowest BCUT2D eigenvalue weighted by molar-refractivity contribution is -0.179. The molecule has 0 radical (unpaired) electrons. The van der Waals surface area contributed by atoms with Crippen LogP contribution in [0.1, 0.15) is 20.3 Å². The average Bonchev–Trinajstić information content (AvgIpc) is 2.68. The van der Waals surface area contributed by atoms with E-state index in [4.69, 9.17) is 9.47 Å². The summed E-state index contributed by atoms with van der Waals surface area (Å²) in [5, 5.41) is 30.8. The van der Waals surface area contributed by atoms with Crippen molar-refractivity contribution in [2.24, 2.45) is 11.8 Å². The molecule has 2 rings (SSSR count). The first-order valence-corrected chi connectivity index (χ1v) is 6.97. The second-order valence-corrected chi connectivity index (χ2v) is 5.62. The van der Waals surface area contributed by atoms with Gasteiger partial charge in [0.2, 0.25) is 6.29 Å². The van der Waals surface area contributed by atoms with Gasteiger partial charge in [0.15, 0.2) is 0 Å². The standard InChI is InChI=1S/C14H20O8/c1-4-7(15)22-10-8-6(12(17)20-3)5-21-13(18)9(8)14(2,19)11(10)16/h5,8-11,13,16,18-19H,4H2,1-3H3/t8-,9-,10+,11+,13?,14-/m1/s1. The number of esters is 2. The maximum Gasteiger partial charge on any atom is 0.337 e. The van der Waals surface area contributed by atoms with Gasteiger partial charge in [-0.05, 0) is 6.92 Å². The Morgan fingerprint density at radius 2 is 2.05 bits per heavy atom.